The van der Waals surface area contributed by atoms with Crippen LogP contribution >= 0.6 is 0 Å². The minimum atomic E-state index is -5.02. The van der Waals surface area contributed by atoms with Crippen LogP contribution in [0.25, 0.3) is 0 Å². The second-order valence-corrected chi connectivity index (χ2v) is 11.7. The standard InChI is InChI=1S/C22H24F3NO6S2/c1-32-21(27)16-9-7-15(8-10-16)14-26-34(30,31)20-13-18(11-12-19(20)22(23,24)25)33(28,29)17-5-3-2-4-6-17/h2-6,11-13,15-16,26H,7-10,14H2,1H3. The van der Waals surface area contributed by atoms with Crippen molar-refractivity contribution < 1.29 is 39.5 Å². The lowest BCUT2D eigenvalue weighted by molar-refractivity contribution is -0.146. The SMILES string of the molecule is COC(=O)C1CCC(CNS(=O)(=O)c2cc(S(=O)(=O)c3ccccc3)ccc2C(F)(F)F)CC1. The number of carbonyl (C=O) groups is 1. The second-order valence-electron chi connectivity index (χ2n) is 8.06. The van der Waals surface area contributed by atoms with Crippen molar-refractivity contribution in [3.8, 4) is 0 Å². The second kappa shape index (κ2) is 10.0. The summed E-state index contributed by atoms with van der Waals surface area (Å²) in [5.74, 6) is -0.805. The number of carbonyl (C=O) groups excluding carboxylic acids is 1. The highest BCUT2D eigenvalue weighted by atomic mass is 32.2. The fraction of sp³-hybridized carbons (Fsp3) is 0.409. The summed E-state index contributed by atoms with van der Waals surface area (Å²) in [6, 6.07) is 8.76. The molecule has 12 heteroatoms. The molecule has 0 aliphatic heterocycles. The zero-order chi connectivity index (χ0) is 25.1. The van der Waals surface area contributed by atoms with Gasteiger partial charge in [0.2, 0.25) is 19.9 Å². The molecule has 0 atom stereocenters. The van der Waals surface area contributed by atoms with Crippen molar-refractivity contribution >= 4 is 25.8 Å². The fourth-order valence-electron chi connectivity index (χ4n) is 3.94. The Labute approximate surface area is 196 Å². The largest absolute Gasteiger partial charge is 0.469 e. The number of hydrogen-bond acceptors (Lipinski definition) is 6. The van der Waals surface area contributed by atoms with Crippen molar-refractivity contribution in [3.63, 3.8) is 0 Å². The van der Waals surface area contributed by atoms with Gasteiger partial charge in [-0.15, -0.1) is 0 Å². The lowest BCUT2D eigenvalue weighted by atomic mass is 9.82. The molecule has 0 unspecified atom stereocenters. The molecule has 1 aliphatic carbocycles. The molecule has 0 amide bonds. The van der Waals surface area contributed by atoms with Crippen molar-refractivity contribution in [2.24, 2.45) is 11.8 Å². The van der Waals surface area contributed by atoms with Gasteiger partial charge in [0.25, 0.3) is 0 Å². The van der Waals surface area contributed by atoms with Crippen LogP contribution in [0.15, 0.2) is 63.2 Å². The summed E-state index contributed by atoms with van der Waals surface area (Å²) in [6.07, 6.45) is -3.05. The van der Waals surface area contributed by atoms with Crippen LogP contribution in [0.2, 0.25) is 0 Å². The number of sulfone groups is 1. The summed E-state index contributed by atoms with van der Waals surface area (Å²) in [6.45, 7) is -0.136. The molecule has 0 bridgehead atoms. The maximum Gasteiger partial charge on any atom is 0.417 e. The van der Waals surface area contributed by atoms with Crippen LogP contribution in [-0.2, 0) is 35.6 Å². The molecule has 1 aliphatic rings. The minimum absolute atomic E-state index is 0.136. The zero-order valence-electron chi connectivity index (χ0n) is 18.2. The van der Waals surface area contributed by atoms with Crippen molar-refractivity contribution in [3.05, 3.63) is 54.1 Å². The van der Waals surface area contributed by atoms with Gasteiger partial charge in [-0.3, -0.25) is 4.79 Å². The highest BCUT2D eigenvalue weighted by Gasteiger charge is 2.38. The monoisotopic (exact) mass is 519 g/mol. The van der Waals surface area contributed by atoms with E-state index in [0.717, 1.165) is 6.07 Å². The Morgan fingerprint density at radius 3 is 2.15 bits per heavy atom. The summed E-state index contributed by atoms with van der Waals surface area (Å²) in [5.41, 5.74) is -1.46. The molecule has 34 heavy (non-hydrogen) atoms. The number of ether oxygens (including phenoxy) is 1. The van der Waals surface area contributed by atoms with Crippen molar-refractivity contribution in [2.75, 3.05) is 13.7 Å². The van der Waals surface area contributed by atoms with E-state index >= 15 is 0 Å². The predicted octanol–water partition coefficient (Wildman–Crippen LogP) is 3.80. The van der Waals surface area contributed by atoms with Gasteiger partial charge in [0.1, 0.15) is 0 Å². The maximum atomic E-state index is 13.6. The molecule has 7 nitrogen and oxygen atoms in total. The highest BCUT2D eigenvalue weighted by Crippen LogP contribution is 2.36. The number of sulfonamides is 1. The maximum absolute atomic E-state index is 13.6. The Kier molecular flexibility index (Phi) is 7.73. The van der Waals surface area contributed by atoms with Gasteiger partial charge in [0.05, 0.1) is 33.3 Å². The average Bonchev–Trinajstić information content (AvgIpc) is 2.82. The average molecular weight is 520 g/mol. The molecular weight excluding hydrogens is 495 g/mol. The van der Waals surface area contributed by atoms with Gasteiger partial charge in [-0.25, -0.2) is 21.6 Å². The summed E-state index contributed by atoms with van der Waals surface area (Å²) in [5, 5.41) is 0. The number of benzene rings is 2. The minimum Gasteiger partial charge on any atom is -0.469 e. The number of nitrogens with one attached hydrogen (secondary N) is 1. The van der Waals surface area contributed by atoms with E-state index in [1.807, 2.05) is 0 Å². The summed E-state index contributed by atoms with van der Waals surface area (Å²) in [4.78, 5) is 9.74. The van der Waals surface area contributed by atoms with Gasteiger partial charge in [0, 0.05) is 6.54 Å². The van der Waals surface area contributed by atoms with Crippen LogP contribution in [0.1, 0.15) is 31.2 Å². The van der Waals surface area contributed by atoms with E-state index in [4.69, 9.17) is 4.74 Å². The third-order valence-corrected chi connectivity index (χ3v) is 9.09. The van der Waals surface area contributed by atoms with Gasteiger partial charge in [-0.2, -0.15) is 13.2 Å². The van der Waals surface area contributed by atoms with Crippen LogP contribution < -0.4 is 4.72 Å². The van der Waals surface area contributed by atoms with E-state index in [1.165, 1.54) is 31.4 Å². The molecule has 186 valence electrons. The van der Waals surface area contributed by atoms with Gasteiger partial charge in [-0.1, -0.05) is 18.2 Å². The normalized spacial score (nSPS) is 19.5. The number of esters is 1. The van der Waals surface area contributed by atoms with Gasteiger partial charge < -0.3 is 4.74 Å². The van der Waals surface area contributed by atoms with Crippen LogP contribution in [0, 0.1) is 11.8 Å². The Hall–Kier alpha value is -2.44. The summed E-state index contributed by atoms with van der Waals surface area (Å²) < 4.78 is 99.2. The van der Waals surface area contributed by atoms with Crippen LogP contribution in [0.4, 0.5) is 13.2 Å². The molecular formula is C22H24F3NO6S2. The van der Waals surface area contributed by atoms with E-state index in [2.05, 4.69) is 4.72 Å². The van der Waals surface area contributed by atoms with Crippen LogP contribution in [-0.4, -0.2) is 36.5 Å². The first kappa shape index (κ1) is 26.2. The first-order valence-corrected chi connectivity index (χ1v) is 13.4. The molecule has 1 N–H and O–H groups in total. The molecule has 0 heterocycles. The van der Waals surface area contributed by atoms with E-state index < -0.39 is 41.4 Å². The Morgan fingerprint density at radius 2 is 1.59 bits per heavy atom. The third kappa shape index (κ3) is 5.78. The van der Waals surface area contributed by atoms with Crippen LogP contribution in [0.5, 0.6) is 0 Å². The van der Waals surface area contributed by atoms with E-state index in [-0.39, 0.29) is 29.2 Å². The predicted molar refractivity (Wildman–Crippen MR) is 116 cm³/mol. The Morgan fingerprint density at radius 1 is 0.971 bits per heavy atom. The molecule has 0 aromatic heterocycles. The fourth-order valence-corrected chi connectivity index (χ4v) is 6.68. The molecule has 0 spiro atoms. The van der Waals surface area contributed by atoms with Gasteiger partial charge in [0.15, 0.2) is 0 Å². The van der Waals surface area contributed by atoms with Crippen molar-refractivity contribution in [1.29, 1.82) is 0 Å². The van der Waals surface area contributed by atoms with Crippen molar-refractivity contribution in [2.45, 2.75) is 46.5 Å². The van der Waals surface area contributed by atoms with Crippen LogP contribution in [0.3, 0.4) is 0 Å². The van der Waals surface area contributed by atoms with Gasteiger partial charge in [-0.05, 0) is 61.9 Å². The van der Waals surface area contributed by atoms with Gasteiger partial charge >= 0.3 is 12.1 Å². The molecule has 3 rings (SSSR count). The summed E-state index contributed by atoms with van der Waals surface area (Å²) >= 11 is 0. The third-order valence-electron chi connectivity index (χ3n) is 5.86. The summed E-state index contributed by atoms with van der Waals surface area (Å²) in [7, 11) is -7.65. The quantitative estimate of drug-likeness (QED) is 0.558. The zero-order valence-corrected chi connectivity index (χ0v) is 19.8. The smallest absolute Gasteiger partial charge is 0.417 e. The number of halogens is 3. The van der Waals surface area contributed by atoms with E-state index in [1.54, 1.807) is 6.07 Å². The molecule has 0 radical (unpaired) electrons. The number of methoxy groups -OCH3 is 1. The lowest BCUT2D eigenvalue weighted by Crippen LogP contribution is -2.33. The lowest BCUT2D eigenvalue weighted by Gasteiger charge is -2.27. The Balaban J connectivity index is 1.87. The first-order valence-electron chi connectivity index (χ1n) is 10.4. The van der Waals surface area contributed by atoms with E-state index in [9.17, 15) is 34.8 Å². The molecule has 2 aromatic carbocycles. The molecule has 2 aromatic rings. The molecule has 1 saturated carbocycles. The first-order chi connectivity index (χ1) is 15.9. The molecule has 1 fully saturated rings. The Bertz CT molecular complexity index is 1240. The van der Waals surface area contributed by atoms with E-state index in [0.29, 0.717) is 37.8 Å². The topological polar surface area (TPSA) is 107 Å². The number of hydrogen-bond donors (Lipinski definition) is 1. The highest BCUT2D eigenvalue weighted by molar-refractivity contribution is 7.91. The number of rotatable bonds is 7. The number of alkyl halides is 3. The van der Waals surface area contributed by atoms with Crippen molar-refractivity contribution in [1.82, 2.24) is 4.72 Å². The molecule has 0 saturated heterocycles.